The molecular formula is C17H22N6O2. The first kappa shape index (κ1) is 16.9. The number of nitrogens with zero attached hydrogens (tertiary/aromatic N) is 3. The molecule has 3 N–H and O–H groups in total. The van der Waals surface area contributed by atoms with E-state index in [1.54, 1.807) is 17.3 Å². The summed E-state index contributed by atoms with van der Waals surface area (Å²) < 4.78 is 0. The number of aromatic amines is 1. The highest BCUT2D eigenvalue weighted by molar-refractivity contribution is 6.04. The molecule has 132 valence electrons. The van der Waals surface area contributed by atoms with Crippen molar-refractivity contribution < 1.29 is 9.59 Å². The minimum atomic E-state index is -0.184. The van der Waals surface area contributed by atoms with E-state index in [1.807, 2.05) is 13.8 Å². The Bertz CT molecular complexity index is 813. The maximum absolute atomic E-state index is 12.3. The van der Waals surface area contributed by atoms with E-state index in [1.165, 1.54) is 6.08 Å². The van der Waals surface area contributed by atoms with Gasteiger partial charge in [-0.2, -0.15) is 0 Å². The molecule has 8 nitrogen and oxygen atoms in total. The number of fused-ring (bicyclic) bond motifs is 1. The highest BCUT2D eigenvalue weighted by Crippen LogP contribution is 2.19. The molecule has 0 saturated carbocycles. The molecule has 0 unspecified atom stereocenters. The van der Waals surface area contributed by atoms with Crippen LogP contribution in [0.3, 0.4) is 0 Å². The van der Waals surface area contributed by atoms with Gasteiger partial charge in [0.1, 0.15) is 11.3 Å². The van der Waals surface area contributed by atoms with Gasteiger partial charge in [0.2, 0.25) is 5.91 Å². The maximum atomic E-state index is 12.3. The Balaban J connectivity index is 1.76. The van der Waals surface area contributed by atoms with Gasteiger partial charge >= 0.3 is 0 Å². The van der Waals surface area contributed by atoms with Crippen LogP contribution in [-0.2, 0) is 4.79 Å². The van der Waals surface area contributed by atoms with Crippen LogP contribution in [0.1, 0.15) is 30.6 Å². The number of anilines is 1. The molecule has 2 amide bonds. The number of carbonyl (C=O) groups is 2. The first-order valence-electron chi connectivity index (χ1n) is 8.30. The van der Waals surface area contributed by atoms with E-state index in [0.29, 0.717) is 35.6 Å². The van der Waals surface area contributed by atoms with Crippen molar-refractivity contribution in [2.24, 2.45) is 0 Å². The van der Waals surface area contributed by atoms with E-state index < -0.39 is 0 Å². The normalized spacial score (nSPS) is 17.1. The fourth-order valence-corrected chi connectivity index (χ4v) is 2.89. The summed E-state index contributed by atoms with van der Waals surface area (Å²) in [6.07, 6.45) is 5.40. The highest BCUT2D eigenvalue weighted by atomic mass is 16.2. The Kier molecular flexibility index (Phi) is 4.69. The Morgan fingerprint density at radius 1 is 1.48 bits per heavy atom. The first-order valence-corrected chi connectivity index (χ1v) is 8.30. The Hall–Kier alpha value is -2.90. The number of aromatic nitrogens is 3. The zero-order chi connectivity index (χ0) is 18.0. The number of likely N-dealkylation sites (tertiary alicyclic amines) is 1. The molecule has 0 bridgehead atoms. The summed E-state index contributed by atoms with van der Waals surface area (Å²) in [4.78, 5) is 37.5. The molecule has 1 fully saturated rings. The van der Waals surface area contributed by atoms with Crippen LogP contribution >= 0.6 is 0 Å². The zero-order valence-corrected chi connectivity index (χ0v) is 14.4. The molecule has 1 saturated heterocycles. The third-order valence-electron chi connectivity index (χ3n) is 4.07. The van der Waals surface area contributed by atoms with Gasteiger partial charge in [-0.3, -0.25) is 9.59 Å². The average molecular weight is 342 g/mol. The van der Waals surface area contributed by atoms with E-state index in [0.717, 1.165) is 6.42 Å². The van der Waals surface area contributed by atoms with Crippen LogP contribution in [-0.4, -0.2) is 56.8 Å². The van der Waals surface area contributed by atoms with E-state index in [-0.39, 0.29) is 23.9 Å². The van der Waals surface area contributed by atoms with Gasteiger partial charge in [-0.15, -0.1) is 0 Å². The zero-order valence-electron chi connectivity index (χ0n) is 14.4. The van der Waals surface area contributed by atoms with Crippen LogP contribution in [0, 0.1) is 0 Å². The number of hydrogen-bond donors (Lipinski definition) is 3. The third kappa shape index (κ3) is 3.62. The lowest BCUT2D eigenvalue weighted by molar-refractivity contribution is -0.125. The van der Waals surface area contributed by atoms with Gasteiger partial charge in [0.05, 0.1) is 11.8 Å². The standard InChI is InChI=1S/C17H22N6O2/c1-4-14(24)23-6-5-11(9-23)21-13-8-19-16-15(22-13)12(7-18-16)17(25)20-10(2)3/h4,7-8,10-11H,1,5-6,9H2,2-3H3,(H,18,19)(H,20,25)(H,21,22)/t11-/m0/s1. The minimum Gasteiger partial charge on any atom is -0.364 e. The summed E-state index contributed by atoms with van der Waals surface area (Å²) in [6, 6.07) is 0.140. The molecule has 2 aromatic heterocycles. The van der Waals surface area contributed by atoms with Crippen molar-refractivity contribution in [3.05, 3.63) is 30.6 Å². The van der Waals surface area contributed by atoms with E-state index >= 15 is 0 Å². The Labute approximate surface area is 145 Å². The number of amides is 2. The highest BCUT2D eigenvalue weighted by Gasteiger charge is 2.25. The van der Waals surface area contributed by atoms with Gasteiger partial charge in [-0.1, -0.05) is 6.58 Å². The number of rotatable bonds is 5. The molecule has 1 atom stereocenters. The summed E-state index contributed by atoms with van der Waals surface area (Å²) in [5.74, 6) is 0.337. The molecule has 3 heterocycles. The van der Waals surface area contributed by atoms with E-state index in [4.69, 9.17) is 0 Å². The van der Waals surface area contributed by atoms with Crippen molar-refractivity contribution in [2.45, 2.75) is 32.4 Å². The van der Waals surface area contributed by atoms with Gasteiger partial charge in [-0.05, 0) is 26.3 Å². The van der Waals surface area contributed by atoms with Gasteiger partial charge in [0.15, 0.2) is 5.65 Å². The van der Waals surface area contributed by atoms with Crippen molar-refractivity contribution in [1.82, 2.24) is 25.2 Å². The summed E-state index contributed by atoms with van der Waals surface area (Å²) in [5.41, 5.74) is 1.56. The molecule has 0 aliphatic carbocycles. The molecule has 1 aliphatic heterocycles. The minimum absolute atomic E-state index is 0.0404. The van der Waals surface area contributed by atoms with Crippen molar-refractivity contribution in [3.8, 4) is 0 Å². The van der Waals surface area contributed by atoms with Gasteiger partial charge in [0.25, 0.3) is 5.91 Å². The summed E-state index contributed by atoms with van der Waals surface area (Å²) in [7, 11) is 0. The summed E-state index contributed by atoms with van der Waals surface area (Å²) in [6.45, 7) is 8.60. The number of nitrogens with one attached hydrogen (secondary N) is 3. The lowest BCUT2D eigenvalue weighted by Crippen LogP contribution is -2.30. The fourth-order valence-electron chi connectivity index (χ4n) is 2.89. The first-order chi connectivity index (χ1) is 12.0. The van der Waals surface area contributed by atoms with E-state index in [2.05, 4.69) is 32.2 Å². The van der Waals surface area contributed by atoms with Gasteiger partial charge in [-0.25, -0.2) is 9.97 Å². The molecular weight excluding hydrogens is 320 g/mol. The van der Waals surface area contributed by atoms with Gasteiger partial charge in [0, 0.05) is 31.4 Å². The fraction of sp³-hybridized carbons (Fsp3) is 0.412. The van der Waals surface area contributed by atoms with Crippen LogP contribution in [0.4, 0.5) is 5.82 Å². The maximum Gasteiger partial charge on any atom is 0.255 e. The van der Waals surface area contributed by atoms with Crippen molar-refractivity contribution >= 4 is 28.8 Å². The number of carbonyl (C=O) groups excluding carboxylic acids is 2. The Morgan fingerprint density at radius 2 is 2.28 bits per heavy atom. The second-order valence-electron chi connectivity index (χ2n) is 6.40. The van der Waals surface area contributed by atoms with Crippen molar-refractivity contribution in [3.63, 3.8) is 0 Å². The van der Waals surface area contributed by atoms with Crippen LogP contribution in [0.5, 0.6) is 0 Å². The smallest absolute Gasteiger partial charge is 0.255 e. The van der Waals surface area contributed by atoms with Crippen molar-refractivity contribution in [1.29, 1.82) is 0 Å². The second kappa shape index (κ2) is 6.92. The molecule has 0 aromatic carbocycles. The SMILES string of the molecule is C=CC(=O)N1CC[C@H](Nc2cnc3[nH]cc(C(=O)NC(C)C)c3n2)C1. The molecule has 2 aromatic rings. The molecule has 0 spiro atoms. The average Bonchev–Trinajstić information content (AvgIpc) is 3.20. The number of hydrogen-bond acceptors (Lipinski definition) is 5. The Morgan fingerprint density at radius 3 is 3.00 bits per heavy atom. The molecule has 1 aliphatic rings. The predicted octanol–water partition coefficient (Wildman–Crippen LogP) is 1.29. The van der Waals surface area contributed by atoms with Gasteiger partial charge < -0.3 is 20.5 Å². The molecule has 8 heteroatoms. The molecule has 0 radical (unpaired) electrons. The third-order valence-corrected chi connectivity index (χ3v) is 4.07. The lowest BCUT2D eigenvalue weighted by atomic mass is 10.2. The largest absolute Gasteiger partial charge is 0.364 e. The molecule has 3 rings (SSSR count). The quantitative estimate of drug-likeness (QED) is 0.711. The second-order valence-corrected chi connectivity index (χ2v) is 6.40. The van der Waals surface area contributed by atoms with Crippen LogP contribution in [0.2, 0.25) is 0 Å². The summed E-state index contributed by atoms with van der Waals surface area (Å²) >= 11 is 0. The topological polar surface area (TPSA) is 103 Å². The van der Waals surface area contributed by atoms with Crippen LogP contribution < -0.4 is 10.6 Å². The van der Waals surface area contributed by atoms with Crippen LogP contribution in [0.15, 0.2) is 25.0 Å². The van der Waals surface area contributed by atoms with E-state index in [9.17, 15) is 9.59 Å². The van der Waals surface area contributed by atoms with Crippen molar-refractivity contribution in [2.75, 3.05) is 18.4 Å². The van der Waals surface area contributed by atoms with Crippen LogP contribution in [0.25, 0.3) is 11.2 Å². The predicted molar refractivity (Wildman–Crippen MR) is 95.3 cm³/mol. The summed E-state index contributed by atoms with van der Waals surface area (Å²) in [5, 5.41) is 6.15. The lowest BCUT2D eigenvalue weighted by Gasteiger charge is -2.15. The number of H-pyrrole nitrogens is 1. The monoisotopic (exact) mass is 342 g/mol. The molecule has 25 heavy (non-hydrogen) atoms.